The molecule has 33 heavy (non-hydrogen) atoms. The molecule has 2 heterocycles. The fraction of sp³-hybridized carbons (Fsp3) is 0.500. The average Bonchev–Trinajstić information content (AvgIpc) is 2.90. The summed E-state index contributed by atoms with van der Waals surface area (Å²) in [6.45, 7) is 6.83. The molecule has 1 fully saturated rings. The lowest BCUT2D eigenvalue weighted by Crippen LogP contribution is -2.55. The number of likely N-dealkylation sites (tertiary alicyclic amines) is 1. The first-order chi connectivity index (χ1) is 15.8. The average molecular weight is 458 g/mol. The smallest absolute Gasteiger partial charge is 0.321 e. The van der Waals surface area contributed by atoms with E-state index in [2.05, 4.69) is 13.8 Å². The summed E-state index contributed by atoms with van der Waals surface area (Å²) in [4.78, 5) is 18.9. The molecule has 178 valence electrons. The summed E-state index contributed by atoms with van der Waals surface area (Å²) in [5, 5.41) is 0. The highest BCUT2D eigenvalue weighted by Crippen LogP contribution is 2.29. The Kier molecular flexibility index (Phi) is 7.17. The van der Waals surface area contributed by atoms with Gasteiger partial charge >= 0.3 is 6.03 Å². The van der Waals surface area contributed by atoms with Crippen molar-refractivity contribution in [2.45, 2.75) is 52.1 Å². The van der Waals surface area contributed by atoms with Gasteiger partial charge in [-0.15, -0.1) is 0 Å². The van der Waals surface area contributed by atoms with E-state index in [0.717, 1.165) is 29.0 Å². The maximum Gasteiger partial charge on any atom is 0.321 e. The fourth-order valence-corrected chi connectivity index (χ4v) is 4.55. The van der Waals surface area contributed by atoms with Crippen molar-refractivity contribution < 1.29 is 18.3 Å². The molecule has 7 heteroatoms. The van der Waals surface area contributed by atoms with E-state index in [1.807, 2.05) is 36.2 Å². The Bertz CT molecular complexity index is 967. The number of rotatable bonds is 6. The predicted molar refractivity (Wildman–Crippen MR) is 124 cm³/mol. The normalized spacial score (nSPS) is 21.8. The number of ether oxygens (including phenoxy) is 1. The SMILES string of the molecule is CC(C)COc1ccc(CN2Cc3ccc(F)cc3CN([C@@H]3CCN(C)C[C@@H]3F)C2=O)cc1. The summed E-state index contributed by atoms with van der Waals surface area (Å²) in [5.41, 5.74) is 2.60. The molecule has 0 saturated carbocycles. The van der Waals surface area contributed by atoms with E-state index in [1.54, 1.807) is 15.9 Å². The number of nitrogens with zero attached hydrogens (tertiary/aromatic N) is 3. The lowest BCUT2D eigenvalue weighted by Gasteiger charge is -2.40. The van der Waals surface area contributed by atoms with E-state index in [1.165, 1.54) is 12.1 Å². The standard InChI is InChI=1S/C26H33F2N3O2/c1-18(2)17-33-23-8-4-19(5-9-23)13-30-14-20-6-7-22(27)12-21(20)15-31(26(30)32)25-10-11-29(3)16-24(25)28/h4-9,12,18,24-25H,10-11,13-17H2,1-3H3/t24-,25+/m0/s1. The summed E-state index contributed by atoms with van der Waals surface area (Å²) in [6, 6.07) is 11.6. The number of amides is 2. The molecule has 4 rings (SSSR count). The highest BCUT2D eigenvalue weighted by molar-refractivity contribution is 5.76. The Morgan fingerprint density at radius 3 is 2.55 bits per heavy atom. The van der Waals surface area contributed by atoms with Crippen molar-refractivity contribution in [3.05, 3.63) is 65.0 Å². The van der Waals surface area contributed by atoms with E-state index >= 15 is 4.39 Å². The lowest BCUT2D eigenvalue weighted by molar-refractivity contribution is 0.0461. The number of carbonyl (C=O) groups excluding carboxylic acids is 1. The third-order valence-electron chi connectivity index (χ3n) is 6.38. The first-order valence-electron chi connectivity index (χ1n) is 11.7. The van der Waals surface area contributed by atoms with Crippen LogP contribution < -0.4 is 4.74 Å². The van der Waals surface area contributed by atoms with Gasteiger partial charge in [0.05, 0.1) is 12.6 Å². The first kappa shape index (κ1) is 23.5. The minimum Gasteiger partial charge on any atom is -0.493 e. The van der Waals surface area contributed by atoms with Gasteiger partial charge in [-0.3, -0.25) is 0 Å². The molecular weight excluding hydrogens is 424 g/mol. The summed E-state index contributed by atoms with van der Waals surface area (Å²) in [5.74, 6) is 0.893. The van der Waals surface area contributed by atoms with Crippen molar-refractivity contribution in [1.29, 1.82) is 0 Å². The molecular formula is C26H33F2N3O2. The second-order valence-electron chi connectivity index (χ2n) is 9.66. The van der Waals surface area contributed by atoms with Crippen molar-refractivity contribution in [2.75, 3.05) is 26.7 Å². The van der Waals surface area contributed by atoms with Crippen LogP contribution in [0.5, 0.6) is 5.75 Å². The molecule has 2 atom stereocenters. The number of halogens is 2. The summed E-state index contributed by atoms with van der Waals surface area (Å²) in [6.07, 6.45) is -0.578. The van der Waals surface area contributed by atoms with Gasteiger partial charge in [0.1, 0.15) is 17.7 Å². The molecule has 0 aliphatic carbocycles. The molecule has 0 spiro atoms. The lowest BCUT2D eigenvalue weighted by atomic mass is 10.0. The van der Waals surface area contributed by atoms with Gasteiger partial charge in [-0.05, 0) is 60.3 Å². The van der Waals surface area contributed by atoms with E-state index in [4.69, 9.17) is 4.74 Å². The third kappa shape index (κ3) is 5.64. The summed E-state index contributed by atoms with van der Waals surface area (Å²) in [7, 11) is 1.89. The van der Waals surface area contributed by atoms with Gasteiger partial charge in [-0.1, -0.05) is 32.0 Å². The summed E-state index contributed by atoms with van der Waals surface area (Å²) >= 11 is 0. The van der Waals surface area contributed by atoms with Gasteiger partial charge < -0.3 is 19.4 Å². The zero-order chi connectivity index (χ0) is 23.5. The summed E-state index contributed by atoms with van der Waals surface area (Å²) < 4.78 is 34.8. The first-order valence-corrected chi connectivity index (χ1v) is 11.7. The van der Waals surface area contributed by atoms with Crippen LogP contribution in [0.4, 0.5) is 13.6 Å². The van der Waals surface area contributed by atoms with Crippen LogP contribution in [0.15, 0.2) is 42.5 Å². The Morgan fingerprint density at radius 2 is 1.85 bits per heavy atom. The van der Waals surface area contributed by atoms with Gasteiger partial charge in [0.25, 0.3) is 0 Å². The largest absolute Gasteiger partial charge is 0.493 e. The van der Waals surface area contributed by atoms with Crippen LogP contribution >= 0.6 is 0 Å². The monoisotopic (exact) mass is 457 g/mol. The molecule has 2 amide bonds. The van der Waals surface area contributed by atoms with Crippen LogP contribution in [-0.2, 0) is 19.6 Å². The minimum atomic E-state index is -1.14. The maximum atomic E-state index is 15.0. The molecule has 0 unspecified atom stereocenters. The van der Waals surface area contributed by atoms with E-state index in [0.29, 0.717) is 38.6 Å². The van der Waals surface area contributed by atoms with Crippen LogP contribution in [-0.4, -0.2) is 59.7 Å². The molecule has 1 saturated heterocycles. The van der Waals surface area contributed by atoms with Crippen molar-refractivity contribution in [3.8, 4) is 5.75 Å². The molecule has 2 aliphatic rings. The Labute approximate surface area is 194 Å². The Morgan fingerprint density at radius 1 is 1.09 bits per heavy atom. The van der Waals surface area contributed by atoms with Crippen LogP contribution in [0, 0.1) is 11.7 Å². The number of carbonyl (C=O) groups is 1. The van der Waals surface area contributed by atoms with Crippen molar-refractivity contribution in [2.24, 2.45) is 5.92 Å². The quantitative estimate of drug-likeness (QED) is 0.623. The zero-order valence-corrected chi connectivity index (χ0v) is 19.6. The van der Waals surface area contributed by atoms with Gasteiger partial charge in [-0.2, -0.15) is 0 Å². The molecule has 2 aliphatic heterocycles. The fourth-order valence-electron chi connectivity index (χ4n) is 4.55. The number of urea groups is 1. The van der Waals surface area contributed by atoms with Gasteiger partial charge in [0, 0.05) is 32.7 Å². The second kappa shape index (κ2) is 10.1. The highest BCUT2D eigenvalue weighted by Gasteiger charge is 2.38. The molecule has 0 radical (unpaired) electrons. The number of fused-ring (bicyclic) bond motifs is 1. The van der Waals surface area contributed by atoms with Crippen LogP contribution in [0.25, 0.3) is 0 Å². The number of benzene rings is 2. The van der Waals surface area contributed by atoms with E-state index < -0.39 is 12.2 Å². The third-order valence-corrected chi connectivity index (χ3v) is 6.38. The topological polar surface area (TPSA) is 36.0 Å². The van der Waals surface area contributed by atoms with Gasteiger partial charge in [-0.25, -0.2) is 13.6 Å². The predicted octanol–water partition coefficient (Wildman–Crippen LogP) is 4.84. The van der Waals surface area contributed by atoms with Crippen molar-refractivity contribution >= 4 is 6.03 Å². The second-order valence-corrected chi connectivity index (χ2v) is 9.66. The Balaban J connectivity index is 1.57. The number of hydrogen-bond donors (Lipinski definition) is 0. The van der Waals surface area contributed by atoms with Crippen molar-refractivity contribution in [1.82, 2.24) is 14.7 Å². The number of alkyl halides is 1. The molecule has 2 aromatic rings. The highest BCUT2D eigenvalue weighted by atomic mass is 19.1. The van der Waals surface area contributed by atoms with E-state index in [9.17, 15) is 9.18 Å². The van der Waals surface area contributed by atoms with Gasteiger partial charge in [0.15, 0.2) is 0 Å². The molecule has 5 nitrogen and oxygen atoms in total. The Hall–Kier alpha value is -2.67. The molecule has 0 bridgehead atoms. The van der Waals surface area contributed by atoms with Gasteiger partial charge in [0.2, 0.25) is 0 Å². The molecule has 2 aromatic carbocycles. The molecule has 0 aromatic heterocycles. The van der Waals surface area contributed by atoms with Crippen LogP contribution in [0.2, 0.25) is 0 Å². The minimum absolute atomic E-state index is 0.205. The van der Waals surface area contributed by atoms with E-state index in [-0.39, 0.29) is 18.4 Å². The zero-order valence-electron chi connectivity index (χ0n) is 19.6. The molecule has 0 N–H and O–H groups in total. The van der Waals surface area contributed by atoms with Crippen molar-refractivity contribution in [3.63, 3.8) is 0 Å². The maximum absolute atomic E-state index is 15.0. The van der Waals surface area contributed by atoms with Crippen LogP contribution in [0.1, 0.15) is 37.0 Å². The van der Waals surface area contributed by atoms with Crippen LogP contribution in [0.3, 0.4) is 0 Å². The number of piperidine rings is 1. The number of hydrogen-bond acceptors (Lipinski definition) is 3.